The van der Waals surface area contributed by atoms with Crippen LogP contribution in [0.3, 0.4) is 0 Å². The van der Waals surface area contributed by atoms with Crippen LogP contribution in [-0.4, -0.2) is 16.8 Å². The van der Waals surface area contributed by atoms with Crippen LogP contribution in [0.15, 0.2) is 30.3 Å². The molecule has 0 atom stereocenters. The number of hydrogen-bond acceptors (Lipinski definition) is 1. The summed E-state index contributed by atoms with van der Waals surface area (Å²) in [5.74, 6) is -2.01. The minimum absolute atomic E-state index is 0.0785. The standard InChI is InChI=1S/C9H6F3NO.2ClH.Ru/c1-13(8(14)9(10,11)12)7-5-3-2-4-6-7;;;/h1-6H;2*1H;/q;;;+2/p-2. The molecule has 0 radical (unpaired) electrons. The third-order valence-corrected chi connectivity index (χ3v) is 3.26. The average Bonchev–Trinajstić information content (AvgIpc) is 2.24. The van der Waals surface area contributed by atoms with E-state index in [2.05, 4.69) is 0 Å². The molecule has 0 bridgehead atoms. The summed E-state index contributed by atoms with van der Waals surface area (Å²) in [7, 11) is 11.0. The molecule has 0 heterocycles. The van der Waals surface area contributed by atoms with Crippen LogP contribution in [0.1, 0.15) is 0 Å². The maximum absolute atomic E-state index is 12.4. The number of hydrogen-bond donors (Lipinski definition) is 0. The second-order valence-corrected chi connectivity index (χ2v) is 8.48. The summed E-state index contributed by atoms with van der Waals surface area (Å²) in [4.78, 5) is 11.6. The van der Waals surface area contributed by atoms with E-state index in [1.807, 2.05) is 0 Å². The van der Waals surface area contributed by atoms with Crippen molar-refractivity contribution in [2.24, 2.45) is 0 Å². The summed E-state index contributed by atoms with van der Waals surface area (Å²) >= 11 is -2.54. The van der Waals surface area contributed by atoms with Gasteiger partial charge in [0.15, 0.2) is 0 Å². The predicted octanol–water partition coefficient (Wildman–Crippen LogP) is 3.27. The maximum atomic E-state index is 12.4. The monoisotopic (exact) mass is 373 g/mol. The molecule has 1 aromatic rings. The first-order chi connectivity index (χ1) is 7.82. The van der Waals surface area contributed by atoms with Gasteiger partial charge in [0.1, 0.15) is 0 Å². The number of para-hydroxylation sites is 1. The van der Waals surface area contributed by atoms with Gasteiger partial charge in [-0.15, -0.1) is 0 Å². The molecule has 8 heteroatoms. The molecule has 2 nitrogen and oxygen atoms in total. The molecule has 0 aromatic heterocycles. The molecule has 0 fully saturated rings. The molecule has 1 rings (SSSR count). The molecule has 0 aliphatic heterocycles. The van der Waals surface area contributed by atoms with Gasteiger partial charge in [-0.25, -0.2) is 0 Å². The van der Waals surface area contributed by atoms with Crippen LogP contribution in [0.5, 0.6) is 0 Å². The molecule has 17 heavy (non-hydrogen) atoms. The fourth-order valence-corrected chi connectivity index (χ4v) is 2.62. The van der Waals surface area contributed by atoms with Gasteiger partial charge in [-0.2, -0.15) is 0 Å². The molecule has 0 aliphatic carbocycles. The molecule has 0 saturated carbocycles. The van der Waals surface area contributed by atoms with Crippen molar-refractivity contribution in [1.29, 1.82) is 0 Å². The average molecular weight is 373 g/mol. The van der Waals surface area contributed by atoms with Crippen molar-refractivity contribution in [3.63, 3.8) is 0 Å². The summed E-state index contributed by atoms with van der Waals surface area (Å²) in [6, 6.07) is 7.38. The zero-order valence-corrected chi connectivity index (χ0v) is 11.3. The van der Waals surface area contributed by atoms with Crippen LogP contribution in [0.4, 0.5) is 18.9 Å². The Balaban J connectivity index is 3.15. The molecule has 0 spiro atoms. The van der Waals surface area contributed by atoms with E-state index in [0.717, 1.165) is 4.73 Å². The Hall–Kier alpha value is -0.447. The second kappa shape index (κ2) is 5.94. The van der Waals surface area contributed by atoms with Gasteiger partial charge in [-0.1, -0.05) is 0 Å². The quantitative estimate of drug-likeness (QED) is 0.729. The fourth-order valence-electron chi connectivity index (χ4n) is 1.01. The van der Waals surface area contributed by atoms with E-state index in [9.17, 15) is 18.0 Å². The van der Waals surface area contributed by atoms with Gasteiger partial charge in [-0.05, 0) is 0 Å². The Labute approximate surface area is 108 Å². The Morgan fingerprint density at radius 3 is 2.18 bits per heavy atom. The number of halogens is 5. The van der Waals surface area contributed by atoms with Crippen molar-refractivity contribution >= 4 is 35.7 Å². The zero-order chi connectivity index (χ0) is 13.1. The SMILES string of the molecule is O=C(N([CH]=[Ru]([Cl])[Cl])c1ccccc1)C(F)(F)F. The summed E-state index contributed by atoms with van der Waals surface area (Å²) in [6.07, 6.45) is -4.97. The topological polar surface area (TPSA) is 20.3 Å². The van der Waals surface area contributed by atoms with E-state index in [0.29, 0.717) is 4.90 Å². The van der Waals surface area contributed by atoms with Gasteiger partial charge in [0.2, 0.25) is 0 Å². The fraction of sp³-hybridized carbons (Fsp3) is 0.111. The summed E-state index contributed by atoms with van der Waals surface area (Å²) in [5, 5.41) is 0. The van der Waals surface area contributed by atoms with Crippen LogP contribution in [0.2, 0.25) is 0 Å². The Morgan fingerprint density at radius 1 is 1.24 bits per heavy atom. The first-order valence-corrected chi connectivity index (χ1v) is 9.59. The molecule has 1 aromatic carbocycles. The van der Waals surface area contributed by atoms with E-state index >= 15 is 0 Å². The van der Waals surface area contributed by atoms with Crippen molar-refractivity contribution in [2.75, 3.05) is 4.90 Å². The van der Waals surface area contributed by atoms with E-state index in [1.165, 1.54) is 24.3 Å². The van der Waals surface area contributed by atoms with Gasteiger partial charge in [0.05, 0.1) is 0 Å². The summed E-state index contributed by atoms with van der Waals surface area (Å²) < 4.78 is 38.0. The Bertz CT molecular complexity index is 432. The predicted molar refractivity (Wildman–Crippen MR) is 57.8 cm³/mol. The van der Waals surface area contributed by atoms with Crippen LogP contribution in [0, 0.1) is 0 Å². The zero-order valence-electron chi connectivity index (χ0n) is 8.06. The van der Waals surface area contributed by atoms with E-state index in [1.54, 1.807) is 6.07 Å². The first-order valence-electron chi connectivity index (χ1n) is 4.11. The normalized spacial score (nSPS) is 11.9. The molecular formula is C9H6Cl2F3NORu. The van der Waals surface area contributed by atoms with Crippen molar-refractivity contribution < 1.29 is 31.5 Å². The third kappa shape index (κ3) is 4.38. The molecule has 96 valence electrons. The molecule has 0 aliphatic rings. The number of carbonyl (C=O) groups is 1. The van der Waals surface area contributed by atoms with Gasteiger partial charge in [0.25, 0.3) is 0 Å². The molecule has 1 amide bonds. The van der Waals surface area contributed by atoms with Gasteiger partial charge < -0.3 is 0 Å². The minimum atomic E-state index is -4.97. The van der Waals surface area contributed by atoms with Crippen molar-refractivity contribution in [3.05, 3.63) is 30.3 Å². The van der Waals surface area contributed by atoms with E-state index < -0.39 is 25.6 Å². The number of alkyl halides is 3. The van der Waals surface area contributed by atoms with Crippen LogP contribution in [-0.2, 0) is 18.3 Å². The van der Waals surface area contributed by atoms with E-state index in [-0.39, 0.29) is 5.69 Å². The number of nitrogens with zero attached hydrogens (tertiary/aromatic N) is 1. The molecule has 0 N–H and O–H groups in total. The van der Waals surface area contributed by atoms with Crippen molar-refractivity contribution in [1.82, 2.24) is 0 Å². The molecule has 0 unspecified atom stereocenters. The van der Waals surface area contributed by atoms with Gasteiger partial charge >= 0.3 is 109 Å². The summed E-state index contributed by atoms with van der Waals surface area (Å²) in [6.45, 7) is 0. The number of rotatable bonds is 2. The number of anilines is 1. The first kappa shape index (κ1) is 14.6. The number of carbonyl (C=O) groups excluding carboxylic acids is 1. The van der Waals surface area contributed by atoms with Gasteiger partial charge in [-0.3, -0.25) is 0 Å². The molecule has 0 saturated heterocycles. The van der Waals surface area contributed by atoms with Crippen LogP contribution in [0.25, 0.3) is 0 Å². The number of benzene rings is 1. The van der Waals surface area contributed by atoms with Crippen LogP contribution < -0.4 is 4.90 Å². The Kier molecular flexibility index (Phi) is 5.10. The van der Waals surface area contributed by atoms with E-state index in [4.69, 9.17) is 19.4 Å². The van der Waals surface area contributed by atoms with Crippen LogP contribution >= 0.6 is 19.4 Å². The molecular weight excluding hydrogens is 367 g/mol. The second-order valence-electron chi connectivity index (χ2n) is 2.80. The third-order valence-electron chi connectivity index (χ3n) is 1.66. The van der Waals surface area contributed by atoms with Gasteiger partial charge in [0, 0.05) is 0 Å². The number of amides is 1. The summed E-state index contributed by atoms with van der Waals surface area (Å²) in [5.41, 5.74) is 0.0785. The Morgan fingerprint density at radius 2 is 1.76 bits per heavy atom. The van der Waals surface area contributed by atoms with Crippen molar-refractivity contribution in [3.8, 4) is 0 Å². The van der Waals surface area contributed by atoms with Crippen molar-refractivity contribution in [2.45, 2.75) is 6.18 Å².